The minimum absolute atomic E-state index is 0.776. The Labute approximate surface area is 114 Å². The van der Waals surface area contributed by atoms with Gasteiger partial charge in [0, 0.05) is 12.6 Å². The smallest absolute Gasteiger partial charge is 0.0104 e. The van der Waals surface area contributed by atoms with Gasteiger partial charge in [0.15, 0.2) is 0 Å². The molecule has 0 amide bonds. The van der Waals surface area contributed by atoms with E-state index in [1.165, 1.54) is 83.8 Å². The van der Waals surface area contributed by atoms with Crippen molar-refractivity contribution < 1.29 is 0 Å². The molecule has 1 heterocycles. The number of rotatable bonds is 3. The van der Waals surface area contributed by atoms with Crippen molar-refractivity contribution in [2.45, 2.75) is 70.3 Å². The highest BCUT2D eigenvalue weighted by atomic mass is 15.1. The third-order valence-electron chi connectivity index (χ3n) is 4.97. The first-order valence-corrected chi connectivity index (χ1v) is 8.30. The first-order valence-electron chi connectivity index (χ1n) is 8.30. The molecule has 2 unspecified atom stereocenters. The zero-order valence-electron chi connectivity index (χ0n) is 12.3. The van der Waals surface area contributed by atoms with Crippen molar-refractivity contribution in [3.8, 4) is 0 Å². The van der Waals surface area contributed by atoms with Crippen molar-refractivity contribution in [2.75, 3.05) is 26.7 Å². The van der Waals surface area contributed by atoms with Crippen LogP contribution in [0.4, 0.5) is 0 Å². The monoisotopic (exact) mass is 252 g/mol. The number of nitrogens with zero attached hydrogens (tertiary/aromatic N) is 1. The molecule has 0 aromatic carbocycles. The molecule has 1 saturated heterocycles. The molecule has 18 heavy (non-hydrogen) atoms. The lowest BCUT2D eigenvalue weighted by Gasteiger charge is -2.32. The van der Waals surface area contributed by atoms with Crippen molar-refractivity contribution in [3.05, 3.63) is 0 Å². The van der Waals surface area contributed by atoms with Crippen molar-refractivity contribution >= 4 is 0 Å². The third-order valence-corrected chi connectivity index (χ3v) is 4.97. The van der Waals surface area contributed by atoms with E-state index in [1.807, 2.05) is 0 Å². The van der Waals surface area contributed by atoms with Crippen LogP contribution in [0.5, 0.6) is 0 Å². The summed E-state index contributed by atoms with van der Waals surface area (Å²) < 4.78 is 0. The highest BCUT2D eigenvalue weighted by Gasteiger charge is 2.24. The summed E-state index contributed by atoms with van der Waals surface area (Å²) in [5.41, 5.74) is 0. The highest BCUT2D eigenvalue weighted by Crippen LogP contribution is 2.25. The van der Waals surface area contributed by atoms with Gasteiger partial charge in [-0.3, -0.25) is 0 Å². The Balaban J connectivity index is 1.83. The van der Waals surface area contributed by atoms with Crippen LogP contribution in [0, 0.1) is 5.92 Å². The van der Waals surface area contributed by atoms with Gasteiger partial charge in [-0.2, -0.15) is 0 Å². The zero-order valence-corrected chi connectivity index (χ0v) is 12.3. The molecule has 0 aromatic rings. The fourth-order valence-corrected chi connectivity index (χ4v) is 3.81. The Hall–Kier alpha value is -0.0800. The minimum atomic E-state index is 0.776. The molecule has 2 aliphatic rings. The van der Waals surface area contributed by atoms with E-state index in [4.69, 9.17) is 0 Å². The second-order valence-electron chi connectivity index (χ2n) is 6.36. The van der Waals surface area contributed by atoms with Crippen LogP contribution in [-0.2, 0) is 0 Å². The van der Waals surface area contributed by atoms with Gasteiger partial charge in [-0.25, -0.2) is 0 Å². The summed E-state index contributed by atoms with van der Waals surface area (Å²) in [6.07, 6.45) is 14.4. The maximum absolute atomic E-state index is 3.58. The predicted octanol–water partition coefficient (Wildman–Crippen LogP) is 3.42. The van der Waals surface area contributed by atoms with Crippen molar-refractivity contribution in [2.24, 2.45) is 5.92 Å². The van der Waals surface area contributed by atoms with E-state index in [0.29, 0.717) is 0 Å². The molecule has 2 fully saturated rings. The Morgan fingerprint density at radius 1 is 0.833 bits per heavy atom. The van der Waals surface area contributed by atoms with E-state index in [-0.39, 0.29) is 0 Å². The second kappa shape index (κ2) is 8.16. The molecule has 1 N–H and O–H groups in total. The maximum Gasteiger partial charge on any atom is 0.0104 e. The minimum Gasteiger partial charge on any atom is -0.317 e. The summed E-state index contributed by atoms with van der Waals surface area (Å²) in [4.78, 5) is 2.76. The van der Waals surface area contributed by atoms with Crippen LogP contribution in [0.3, 0.4) is 0 Å². The topological polar surface area (TPSA) is 15.3 Å². The fraction of sp³-hybridized carbons (Fsp3) is 1.00. The molecule has 1 aliphatic heterocycles. The number of likely N-dealkylation sites (tertiary alicyclic amines) is 1. The molecule has 1 aliphatic carbocycles. The van der Waals surface area contributed by atoms with Gasteiger partial charge in [0.25, 0.3) is 0 Å². The maximum atomic E-state index is 3.58. The summed E-state index contributed by atoms with van der Waals surface area (Å²) in [6, 6.07) is 0.776. The van der Waals surface area contributed by atoms with E-state index in [1.54, 1.807) is 0 Å². The average molecular weight is 252 g/mol. The average Bonchev–Trinajstić information content (AvgIpc) is 2.57. The van der Waals surface area contributed by atoms with E-state index in [0.717, 1.165) is 12.0 Å². The summed E-state index contributed by atoms with van der Waals surface area (Å²) in [5, 5.41) is 3.58. The standard InChI is InChI=1S/C16H32N2/c1-17-16-11-7-5-6-10-15(16)14-18-12-8-3-2-4-9-13-18/h15-17H,2-14H2,1H3. The predicted molar refractivity (Wildman–Crippen MR) is 78.9 cm³/mol. The molecular weight excluding hydrogens is 220 g/mol. The van der Waals surface area contributed by atoms with Gasteiger partial charge in [-0.1, -0.05) is 38.5 Å². The molecule has 0 radical (unpaired) electrons. The lowest BCUT2D eigenvalue weighted by Crippen LogP contribution is -2.41. The van der Waals surface area contributed by atoms with Crippen LogP contribution in [0.2, 0.25) is 0 Å². The lowest BCUT2D eigenvalue weighted by atomic mass is 9.93. The molecule has 2 heteroatoms. The number of hydrogen-bond donors (Lipinski definition) is 1. The Bertz CT molecular complexity index is 209. The summed E-state index contributed by atoms with van der Waals surface area (Å²) in [6.45, 7) is 4.06. The Kier molecular flexibility index (Phi) is 6.50. The molecule has 1 saturated carbocycles. The van der Waals surface area contributed by atoms with Crippen molar-refractivity contribution in [3.63, 3.8) is 0 Å². The molecular formula is C16H32N2. The van der Waals surface area contributed by atoms with Crippen LogP contribution in [0.25, 0.3) is 0 Å². The largest absolute Gasteiger partial charge is 0.317 e. The summed E-state index contributed by atoms with van der Waals surface area (Å²) in [7, 11) is 2.16. The van der Waals surface area contributed by atoms with Gasteiger partial charge >= 0.3 is 0 Å². The molecule has 2 atom stereocenters. The normalized spacial score (nSPS) is 32.5. The Morgan fingerprint density at radius 3 is 2.17 bits per heavy atom. The van der Waals surface area contributed by atoms with E-state index in [2.05, 4.69) is 17.3 Å². The van der Waals surface area contributed by atoms with E-state index >= 15 is 0 Å². The number of hydrogen-bond acceptors (Lipinski definition) is 2. The quantitative estimate of drug-likeness (QED) is 0.774. The van der Waals surface area contributed by atoms with Gasteiger partial charge in [0.2, 0.25) is 0 Å². The van der Waals surface area contributed by atoms with Crippen LogP contribution < -0.4 is 5.32 Å². The first kappa shape index (κ1) is 14.3. The zero-order chi connectivity index (χ0) is 12.6. The number of nitrogens with one attached hydrogen (secondary N) is 1. The van der Waals surface area contributed by atoms with Gasteiger partial charge in [-0.15, -0.1) is 0 Å². The molecule has 0 spiro atoms. The van der Waals surface area contributed by atoms with Gasteiger partial charge in [-0.05, 0) is 51.7 Å². The molecule has 2 nitrogen and oxygen atoms in total. The van der Waals surface area contributed by atoms with Crippen LogP contribution in [0.1, 0.15) is 64.2 Å². The summed E-state index contributed by atoms with van der Waals surface area (Å²) in [5.74, 6) is 0.900. The molecule has 0 aromatic heterocycles. The van der Waals surface area contributed by atoms with E-state index in [9.17, 15) is 0 Å². The van der Waals surface area contributed by atoms with Crippen LogP contribution in [-0.4, -0.2) is 37.6 Å². The van der Waals surface area contributed by atoms with Crippen LogP contribution >= 0.6 is 0 Å². The van der Waals surface area contributed by atoms with Crippen molar-refractivity contribution in [1.82, 2.24) is 10.2 Å². The lowest BCUT2D eigenvalue weighted by molar-refractivity contribution is 0.183. The molecule has 2 rings (SSSR count). The Morgan fingerprint density at radius 2 is 1.44 bits per heavy atom. The van der Waals surface area contributed by atoms with Gasteiger partial charge in [0.1, 0.15) is 0 Å². The van der Waals surface area contributed by atoms with Crippen LogP contribution in [0.15, 0.2) is 0 Å². The molecule has 0 bridgehead atoms. The molecule has 106 valence electrons. The van der Waals surface area contributed by atoms with E-state index < -0.39 is 0 Å². The summed E-state index contributed by atoms with van der Waals surface area (Å²) >= 11 is 0. The highest BCUT2D eigenvalue weighted by molar-refractivity contribution is 4.81. The fourth-order valence-electron chi connectivity index (χ4n) is 3.81. The SMILES string of the molecule is CNC1CCCCCC1CN1CCCCCCC1. The van der Waals surface area contributed by atoms with Gasteiger partial charge in [0.05, 0.1) is 0 Å². The first-order chi connectivity index (χ1) is 8.90. The van der Waals surface area contributed by atoms with Crippen molar-refractivity contribution in [1.29, 1.82) is 0 Å². The second-order valence-corrected chi connectivity index (χ2v) is 6.36. The van der Waals surface area contributed by atoms with Gasteiger partial charge < -0.3 is 10.2 Å². The third kappa shape index (κ3) is 4.55.